The van der Waals surface area contributed by atoms with Gasteiger partial charge in [0.2, 0.25) is 5.91 Å². The Kier molecular flexibility index (Phi) is 11.2. The van der Waals surface area contributed by atoms with Gasteiger partial charge in [0.1, 0.15) is 0 Å². The Morgan fingerprint density at radius 3 is 2.00 bits per heavy atom. The first kappa shape index (κ1) is 9.79. The smallest absolute Gasteiger partial charge is 0.240 e. The molecule has 0 unspecified atom stereocenters. The van der Waals surface area contributed by atoms with Crippen molar-refractivity contribution in [1.29, 1.82) is 0 Å². The van der Waals surface area contributed by atoms with Gasteiger partial charge in [-0.3, -0.25) is 14.9 Å². The molecule has 0 bridgehead atoms. The number of hydrogen-bond donors (Lipinski definition) is 2. The average Bonchev–Trinajstić information content (AvgIpc) is 1.69. The van der Waals surface area contributed by atoms with E-state index in [2.05, 4.69) is 12.3 Å². The Balaban J connectivity index is 0. The zero-order valence-corrected chi connectivity index (χ0v) is 4.09. The fraction of sp³-hybridized carbons (Fsp3) is 0. The molecule has 0 atom stereocenters. The summed E-state index contributed by atoms with van der Waals surface area (Å²) in [5, 5.41) is 8.38. The summed E-state index contributed by atoms with van der Waals surface area (Å²) in [7, 11) is 0. The summed E-state index contributed by atoms with van der Waals surface area (Å²) in [6, 6.07) is 0. The van der Waals surface area contributed by atoms with Crippen molar-refractivity contribution in [2.75, 3.05) is 0 Å². The monoisotopic (exact) mass is 118 g/mol. The molecule has 0 aliphatic heterocycles. The van der Waals surface area contributed by atoms with Gasteiger partial charge >= 0.3 is 0 Å². The van der Waals surface area contributed by atoms with Gasteiger partial charge in [0.05, 0.1) is 0 Å². The second-order valence-electron chi connectivity index (χ2n) is 0.690. The Morgan fingerprint density at radius 1 is 1.88 bits per heavy atom. The number of hydrogen-bond acceptors (Lipinski definition) is 3. The van der Waals surface area contributed by atoms with Crippen LogP contribution in [0.25, 0.3) is 0 Å². The second kappa shape index (κ2) is 9.15. The highest BCUT2D eigenvalue weighted by Crippen LogP contribution is 1.48. The second-order valence-corrected chi connectivity index (χ2v) is 0.690. The molecule has 0 spiro atoms. The normalized spacial score (nSPS) is 5.50. The third-order valence-corrected chi connectivity index (χ3v) is 0.201. The molecule has 8 heavy (non-hydrogen) atoms. The van der Waals surface area contributed by atoms with Crippen molar-refractivity contribution in [2.24, 2.45) is 5.73 Å². The number of nitrogens with two attached hydrogens (primary N) is 1. The van der Waals surface area contributed by atoms with Gasteiger partial charge in [-0.15, -0.1) is 0 Å². The Hall–Kier alpha value is -1.39. The number of carbonyl (C=O) groups is 1. The highest BCUT2D eigenvalue weighted by molar-refractivity contribution is 5.84. The minimum absolute atomic E-state index is 0.250. The van der Waals surface area contributed by atoms with Gasteiger partial charge in [0.15, 0.2) is 0 Å². The summed E-state index contributed by atoms with van der Waals surface area (Å²) in [4.78, 5) is 17.6. The molecule has 5 heteroatoms. The van der Waals surface area contributed by atoms with Crippen molar-refractivity contribution >= 4 is 5.91 Å². The molecular weight excluding hydrogens is 112 g/mol. The molecule has 0 aliphatic rings. The first-order valence-corrected chi connectivity index (χ1v) is 1.60. The zero-order valence-electron chi connectivity index (χ0n) is 4.09. The lowest BCUT2D eigenvalue weighted by molar-refractivity contribution is -0.398. The molecule has 0 fully saturated rings. The van der Waals surface area contributed by atoms with Crippen LogP contribution < -0.4 is 11.1 Å². The molecule has 0 radical (unpaired) electrons. The Morgan fingerprint density at radius 2 is 2.00 bits per heavy atom. The predicted molar refractivity (Wildman–Crippen MR) is 27.1 cm³/mol. The van der Waals surface area contributed by atoms with E-state index in [1.165, 1.54) is 0 Å². The molecule has 46 valence electrons. The lowest BCUT2D eigenvalue weighted by Crippen LogP contribution is -2.53. The van der Waals surface area contributed by atoms with Crippen LogP contribution in [0.4, 0.5) is 0 Å². The van der Waals surface area contributed by atoms with Gasteiger partial charge in [-0.2, -0.15) is 0 Å². The standard InChI is InChI=1S/C3H5NO.HNO2/c1-2-3(4)5;2-1-3/h2H,1H2,(H2,4,5);1H. The van der Waals surface area contributed by atoms with Crippen LogP contribution in [0.3, 0.4) is 0 Å². The van der Waals surface area contributed by atoms with Gasteiger partial charge in [-0.25, -0.2) is 0 Å². The Bertz CT molecular complexity index is 90.5. The number of amides is 1. The fourth-order valence-corrected chi connectivity index (χ4v) is 0. The van der Waals surface area contributed by atoms with Gasteiger partial charge in [0, 0.05) is 5.34 Å². The SMILES string of the molecule is C=CC(N)=O.O=[NH+][O-]. The zero-order chi connectivity index (χ0) is 6.99. The molecule has 0 aliphatic carbocycles. The number of nitrogens with one attached hydrogen (secondary N) is 1. The average molecular weight is 118 g/mol. The van der Waals surface area contributed by atoms with Crippen LogP contribution in [-0.4, -0.2) is 5.91 Å². The largest absolute Gasteiger partial charge is 0.366 e. The van der Waals surface area contributed by atoms with Crippen molar-refractivity contribution in [1.82, 2.24) is 0 Å². The van der Waals surface area contributed by atoms with E-state index in [-0.39, 0.29) is 5.34 Å². The van der Waals surface area contributed by atoms with Crippen molar-refractivity contribution in [3.05, 3.63) is 22.8 Å². The minimum atomic E-state index is -0.481. The maximum absolute atomic E-state index is 9.47. The van der Waals surface area contributed by atoms with E-state index in [1.807, 2.05) is 0 Å². The summed E-state index contributed by atoms with van der Waals surface area (Å²) < 4.78 is 0. The summed E-state index contributed by atoms with van der Waals surface area (Å²) in [6.07, 6.45) is 1.06. The van der Waals surface area contributed by atoms with E-state index in [0.717, 1.165) is 6.08 Å². The highest BCUT2D eigenvalue weighted by atomic mass is 16.6. The maximum Gasteiger partial charge on any atom is 0.240 e. The van der Waals surface area contributed by atoms with Gasteiger partial charge in [0.25, 0.3) is 0 Å². The maximum atomic E-state index is 9.47. The number of primary amides is 1. The molecular formula is C3H6N2O3. The summed E-state index contributed by atoms with van der Waals surface area (Å²) in [6.45, 7) is 3.09. The quantitative estimate of drug-likeness (QED) is 0.236. The molecule has 3 N–H and O–H groups in total. The summed E-state index contributed by atoms with van der Waals surface area (Å²) in [5.41, 5.74) is 4.53. The van der Waals surface area contributed by atoms with E-state index >= 15 is 0 Å². The first-order chi connectivity index (χ1) is 3.68. The van der Waals surface area contributed by atoms with Crippen LogP contribution in [0.2, 0.25) is 0 Å². The van der Waals surface area contributed by atoms with Crippen molar-refractivity contribution < 1.29 is 10.1 Å². The van der Waals surface area contributed by atoms with Gasteiger partial charge in [-0.1, -0.05) is 6.58 Å². The van der Waals surface area contributed by atoms with Crippen LogP contribution in [0.15, 0.2) is 12.7 Å². The van der Waals surface area contributed by atoms with E-state index in [4.69, 9.17) is 10.1 Å². The third kappa shape index (κ3) is 161. The van der Waals surface area contributed by atoms with Gasteiger partial charge < -0.3 is 5.73 Å². The molecule has 0 aromatic carbocycles. The Labute approximate surface area is 45.7 Å². The van der Waals surface area contributed by atoms with E-state index in [0.29, 0.717) is 0 Å². The topological polar surface area (TPSA) is 97.2 Å². The van der Waals surface area contributed by atoms with Crippen molar-refractivity contribution in [3.8, 4) is 0 Å². The van der Waals surface area contributed by atoms with E-state index < -0.39 is 5.91 Å². The molecule has 0 heterocycles. The third-order valence-electron chi connectivity index (χ3n) is 0.201. The molecule has 0 rings (SSSR count). The van der Waals surface area contributed by atoms with Crippen molar-refractivity contribution in [3.63, 3.8) is 0 Å². The van der Waals surface area contributed by atoms with Gasteiger partial charge in [-0.05, 0) is 6.08 Å². The van der Waals surface area contributed by atoms with E-state index in [9.17, 15) is 4.79 Å². The fourth-order valence-electron chi connectivity index (χ4n) is 0. The molecule has 0 aromatic heterocycles. The molecule has 5 nitrogen and oxygen atoms in total. The highest BCUT2D eigenvalue weighted by Gasteiger charge is 1.69. The van der Waals surface area contributed by atoms with Crippen LogP contribution in [0.1, 0.15) is 0 Å². The first-order valence-electron chi connectivity index (χ1n) is 1.60. The number of rotatable bonds is 1. The van der Waals surface area contributed by atoms with Crippen LogP contribution in [-0.2, 0) is 4.79 Å². The molecule has 0 saturated heterocycles. The van der Waals surface area contributed by atoms with Crippen molar-refractivity contribution in [2.45, 2.75) is 0 Å². The van der Waals surface area contributed by atoms with Crippen LogP contribution in [0, 0.1) is 10.1 Å². The van der Waals surface area contributed by atoms with Crippen LogP contribution in [0.5, 0.6) is 0 Å². The van der Waals surface area contributed by atoms with Crippen LogP contribution >= 0.6 is 0 Å². The molecule has 1 amide bonds. The summed E-state index contributed by atoms with van der Waals surface area (Å²) >= 11 is 0. The number of carbonyl (C=O) groups excluding carboxylic acids is 1. The van der Waals surface area contributed by atoms with E-state index in [1.54, 1.807) is 0 Å². The summed E-state index contributed by atoms with van der Waals surface area (Å²) in [5.74, 6) is -0.481. The molecule has 0 aromatic rings. The minimum Gasteiger partial charge on any atom is -0.366 e. The predicted octanol–water partition coefficient (Wildman–Crippen LogP) is -2.01. The molecule has 0 saturated carbocycles. The lowest BCUT2D eigenvalue weighted by atomic mass is 10.6. The lowest BCUT2D eigenvalue weighted by Gasteiger charge is -1.65.